The van der Waals surface area contributed by atoms with E-state index in [0.29, 0.717) is 11.5 Å². The summed E-state index contributed by atoms with van der Waals surface area (Å²) < 4.78 is 0. The fourth-order valence-electron chi connectivity index (χ4n) is 1.31. The van der Waals surface area contributed by atoms with Crippen molar-refractivity contribution < 1.29 is 0 Å². The summed E-state index contributed by atoms with van der Waals surface area (Å²) in [6.07, 6.45) is 1.99. The van der Waals surface area contributed by atoms with Crippen molar-refractivity contribution in [2.45, 2.75) is 11.9 Å². The summed E-state index contributed by atoms with van der Waals surface area (Å²) in [5, 5.41) is 8.64. The van der Waals surface area contributed by atoms with Gasteiger partial charge in [0.05, 0.1) is 10.4 Å². The number of rotatable bonds is 1. The maximum absolute atomic E-state index is 5.70. The molecule has 4 nitrogen and oxygen atoms in total. The Balaban J connectivity index is 2.79. The minimum absolute atomic E-state index is 0.590. The lowest BCUT2D eigenvalue weighted by molar-refractivity contribution is 1.07. The first-order valence-electron chi connectivity index (χ1n) is 3.87. The van der Waals surface area contributed by atoms with E-state index in [2.05, 4.69) is 15.2 Å². The number of thioether (sulfide) groups is 1. The summed E-state index contributed by atoms with van der Waals surface area (Å²) in [6, 6.07) is 2.01. The van der Waals surface area contributed by atoms with Gasteiger partial charge in [-0.3, -0.25) is 5.10 Å². The van der Waals surface area contributed by atoms with Crippen LogP contribution >= 0.6 is 11.8 Å². The van der Waals surface area contributed by atoms with Gasteiger partial charge in [0.1, 0.15) is 5.82 Å². The fourth-order valence-corrected chi connectivity index (χ4v) is 1.79. The van der Waals surface area contributed by atoms with Crippen molar-refractivity contribution in [3.63, 3.8) is 0 Å². The molecule has 0 radical (unpaired) electrons. The first kappa shape index (κ1) is 8.37. The molecule has 5 heteroatoms. The largest absolute Gasteiger partial charge is 0.384 e. The molecular weight excluding hydrogens is 184 g/mol. The average Bonchev–Trinajstić information content (AvgIpc) is 2.48. The third kappa shape index (κ3) is 1.25. The molecule has 0 saturated carbocycles. The van der Waals surface area contributed by atoms with E-state index in [-0.39, 0.29) is 0 Å². The Morgan fingerprint density at radius 3 is 3.00 bits per heavy atom. The van der Waals surface area contributed by atoms with Crippen molar-refractivity contribution in [3.8, 4) is 0 Å². The molecule has 0 unspecified atom stereocenters. The van der Waals surface area contributed by atoms with Gasteiger partial charge in [0.15, 0.2) is 5.65 Å². The van der Waals surface area contributed by atoms with Crippen LogP contribution in [-0.4, -0.2) is 21.4 Å². The molecule has 0 spiro atoms. The van der Waals surface area contributed by atoms with Crippen molar-refractivity contribution in [1.82, 2.24) is 15.2 Å². The highest BCUT2D eigenvalue weighted by Crippen LogP contribution is 2.24. The number of fused-ring (bicyclic) bond motifs is 1. The monoisotopic (exact) mass is 194 g/mol. The Hall–Kier alpha value is -1.23. The zero-order valence-electron chi connectivity index (χ0n) is 7.46. The van der Waals surface area contributed by atoms with E-state index in [1.54, 1.807) is 11.8 Å². The maximum Gasteiger partial charge on any atom is 0.184 e. The maximum atomic E-state index is 5.70. The SMILES string of the molecule is CSc1cc(C)c2c(N)[nH]nc2n1. The Bertz CT molecular complexity index is 449. The van der Waals surface area contributed by atoms with Crippen LogP contribution < -0.4 is 5.73 Å². The molecule has 0 amide bonds. The van der Waals surface area contributed by atoms with Gasteiger partial charge in [0.25, 0.3) is 0 Å². The number of nitrogens with one attached hydrogen (secondary N) is 1. The summed E-state index contributed by atoms with van der Waals surface area (Å²) in [7, 11) is 0. The second-order valence-electron chi connectivity index (χ2n) is 2.82. The number of nitrogens with zero attached hydrogens (tertiary/aromatic N) is 2. The molecule has 0 fully saturated rings. The summed E-state index contributed by atoms with van der Waals surface area (Å²) in [5.74, 6) is 0.590. The van der Waals surface area contributed by atoms with Gasteiger partial charge in [-0.15, -0.1) is 11.8 Å². The van der Waals surface area contributed by atoms with Crippen LogP contribution in [0.3, 0.4) is 0 Å². The number of hydrogen-bond acceptors (Lipinski definition) is 4. The lowest BCUT2D eigenvalue weighted by atomic mass is 10.2. The topological polar surface area (TPSA) is 67.6 Å². The summed E-state index contributed by atoms with van der Waals surface area (Å²) in [6.45, 7) is 2.01. The predicted octanol–water partition coefficient (Wildman–Crippen LogP) is 1.57. The second-order valence-corrected chi connectivity index (χ2v) is 3.64. The highest BCUT2D eigenvalue weighted by molar-refractivity contribution is 7.98. The molecule has 0 aliphatic carbocycles. The molecule has 2 heterocycles. The second kappa shape index (κ2) is 2.92. The Morgan fingerprint density at radius 2 is 2.31 bits per heavy atom. The molecule has 0 aromatic carbocycles. The Morgan fingerprint density at radius 1 is 1.54 bits per heavy atom. The van der Waals surface area contributed by atoms with Gasteiger partial charge in [0.2, 0.25) is 0 Å². The molecule has 2 aromatic rings. The van der Waals surface area contributed by atoms with Crippen LogP contribution in [0.1, 0.15) is 5.56 Å². The van der Waals surface area contributed by atoms with Crippen LogP contribution in [0, 0.1) is 6.92 Å². The lowest BCUT2D eigenvalue weighted by Gasteiger charge is -1.98. The molecule has 3 N–H and O–H groups in total. The third-order valence-electron chi connectivity index (χ3n) is 1.93. The minimum atomic E-state index is 0.590. The fraction of sp³-hybridized carbons (Fsp3) is 0.250. The molecule has 0 bridgehead atoms. The first-order valence-corrected chi connectivity index (χ1v) is 5.10. The van der Waals surface area contributed by atoms with E-state index < -0.39 is 0 Å². The summed E-state index contributed by atoms with van der Waals surface area (Å²) in [5.41, 5.74) is 7.51. The quantitative estimate of drug-likeness (QED) is 0.676. The van der Waals surface area contributed by atoms with Crippen LogP contribution in [0.5, 0.6) is 0 Å². The number of aromatic nitrogens is 3. The summed E-state index contributed by atoms with van der Waals surface area (Å²) in [4.78, 5) is 4.32. The van der Waals surface area contributed by atoms with Crippen molar-refractivity contribution in [2.75, 3.05) is 12.0 Å². The average molecular weight is 194 g/mol. The molecule has 13 heavy (non-hydrogen) atoms. The number of H-pyrrole nitrogens is 1. The standard InChI is InChI=1S/C8H10N4S/c1-4-3-5(13-2)10-8-6(4)7(9)11-12-8/h3H,1-2H3,(H3,9,10,11,12). The molecule has 2 aromatic heterocycles. The van der Waals surface area contributed by atoms with Crippen molar-refractivity contribution >= 4 is 28.6 Å². The third-order valence-corrected chi connectivity index (χ3v) is 2.56. The van der Waals surface area contributed by atoms with Gasteiger partial charge >= 0.3 is 0 Å². The van der Waals surface area contributed by atoms with Crippen molar-refractivity contribution in [1.29, 1.82) is 0 Å². The van der Waals surface area contributed by atoms with Crippen LogP contribution in [-0.2, 0) is 0 Å². The van der Waals surface area contributed by atoms with Crippen LogP contribution in [0.4, 0.5) is 5.82 Å². The summed E-state index contributed by atoms with van der Waals surface area (Å²) >= 11 is 1.60. The zero-order valence-corrected chi connectivity index (χ0v) is 8.27. The van der Waals surface area contributed by atoms with Crippen molar-refractivity contribution in [3.05, 3.63) is 11.6 Å². The normalized spacial score (nSPS) is 10.9. The van der Waals surface area contributed by atoms with Gasteiger partial charge in [-0.1, -0.05) is 0 Å². The van der Waals surface area contributed by atoms with Crippen molar-refractivity contribution in [2.24, 2.45) is 0 Å². The Labute approximate surface area is 79.9 Å². The van der Waals surface area contributed by atoms with Gasteiger partial charge in [-0.2, -0.15) is 5.10 Å². The number of aryl methyl sites for hydroxylation is 1. The predicted molar refractivity (Wildman–Crippen MR) is 54.8 cm³/mol. The molecular formula is C8H10N4S. The van der Waals surface area contributed by atoms with E-state index >= 15 is 0 Å². The zero-order chi connectivity index (χ0) is 9.42. The van der Waals surface area contributed by atoms with Gasteiger partial charge in [0, 0.05) is 0 Å². The number of pyridine rings is 1. The first-order chi connectivity index (χ1) is 6.22. The number of aromatic amines is 1. The van der Waals surface area contributed by atoms with Crippen LogP contribution in [0.2, 0.25) is 0 Å². The van der Waals surface area contributed by atoms with Gasteiger partial charge < -0.3 is 5.73 Å². The van der Waals surface area contributed by atoms with Gasteiger partial charge in [-0.25, -0.2) is 4.98 Å². The number of nitrogens with two attached hydrogens (primary N) is 1. The number of anilines is 1. The number of nitrogen functional groups attached to an aromatic ring is 1. The minimum Gasteiger partial charge on any atom is -0.384 e. The molecule has 0 aliphatic rings. The highest BCUT2D eigenvalue weighted by Gasteiger charge is 2.07. The number of hydrogen-bond donors (Lipinski definition) is 2. The van der Waals surface area contributed by atoms with Crippen LogP contribution in [0.15, 0.2) is 11.1 Å². The smallest absolute Gasteiger partial charge is 0.184 e. The van der Waals surface area contributed by atoms with Crippen LogP contribution in [0.25, 0.3) is 11.0 Å². The van der Waals surface area contributed by atoms with E-state index in [9.17, 15) is 0 Å². The molecule has 0 atom stereocenters. The molecule has 2 rings (SSSR count). The van der Waals surface area contributed by atoms with E-state index in [0.717, 1.165) is 16.0 Å². The van der Waals surface area contributed by atoms with E-state index in [4.69, 9.17) is 5.73 Å². The molecule has 0 saturated heterocycles. The molecule has 68 valence electrons. The van der Waals surface area contributed by atoms with E-state index in [1.165, 1.54) is 0 Å². The van der Waals surface area contributed by atoms with Gasteiger partial charge in [-0.05, 0) is 24.8 Å². The van der Waals surface area contributed by atoms with E-state index in [1.807, 2.05) is 19.2 Å². The molecule has 0 aliphatic heterocycles. The Kier molecular flexibility index (Phi) is 1.88. The highest BCUT2D eigenvalue weighted by atomic mass is 32.2. The lowest BCUT2D eigenvalue weighted by Crippen LogP contribution is -1.88.